The monoisotopic (exact) mass is 273 g/mol. The van der Waals surface area contributed by atoms with Gasteiger partial charge in [-0.25, -0.2) is 10.8 Å². The summed E-state index contributed by atoms with van der Waals surface area (Å²) in [5.41, 5.74) is 2.37. The second kappa shape index (κ2) is 8.91. The minimum atomic E-state index is 0.334. The molecule has 0 aliphatic rings. The van der Waals surface area contributed by atoms with E-state index in [0.29, 0.717) is 16.8 Å². The lowest BCUT2D eigenvalue weighted by atomic mass is 10.3. The van der Waals surface area contributed by atoms with Gasteiger partial charge >= 0.3 is 0 Å². The molecule has 4 N–H and O–H groups in total. The standard InChI is InChI=1S/C11H20ClN5O/c1-2-3-6-18-7-4-5-14-10-9(12)8-15-11(16-10)17-13/h8H,2-7,13H2,1H3,(H2,14,15,16,17). The highest BCUT2D eigenvalue weighted by Crippen LogP contribution is 2.18. The molecule has 0 unspecified atom stereocenters. The number of nitrogen functional groups attached to an aromatic ring is 1. The molecule has 0 saturated heterocycles. The van der Waals surface area contributed by atoms with Crippen LogP contribution in [0.2, 0.25) is 5.02 Å². The first-order chi connectivity index (χ1) is 8.77. The van der Waals surface area contributed by atoms with Crippen molar-refractivity contribution in [2.24, 2.45) is 5.84 Å². The molecule has 7 heteroatoms. The van der Waals surface area contributed by atoms with Crippen molar-refractivity contribution in [2.45, 2.75) is 26.2 Å². The molecule has 102 valence electrons. The summed E-state index contributed by atoms with van der Waals surface area (Å²) in [6.45, 7) is 4.45. The lowest BCUT2D eigenvalue weighted by Gasteiger charge is -2.08. The average Bonchev–Trinajstić information content (AvgIpc) is 2.39. The second-order valence-electron chi connectivity index (χ2n) is 3.78. The van der Waals surface area contributed by atoms with Crippen LogP contribution in [0.5, 0.6) is 0 Å². The van der Waals surface area contributed by atoms with Crippen LogP contribution in [-0.2, 0) is 4.74 Å². The second-order valence-corrected chi connectivity index (χ2v) is 4.19. The van der Waals surface area contributed by atoms with Crippen molar-refractivity contribution < 1.29 is 4.74 Å². The van der Waals surface area contributed by atoms with Gasteiger partial charge in [0.05, 0.1) is 6.20 Å². The fourth-order valence-electron chi connectivity index (χ4n) is 1.29. The fourth-order valence-corrected chi connectivity index (χ4v) is 1.45. The number of ether oxygens (including phenoxy) is 1. The minimum absolute atomic E-state index is 0.334. The van der Waals surface area contributed by atoms with E-state index in [1.165, 1.54) is 6.20 Å². The zero-order valence-electron chi connectivity index (χ0n) is 10.6. The van der Waals surface area contributed by atoms with Crippen LogP contribution in [-0.4, -0.2) is 29.7 Å². The summed E-state index contributed by atoms with van der Waals surface area (Å²) in [4.78, 5) is 8.00. The summed E-state index contributed by atoms with van der Waals surface area (Å²) in [5.74, 6) is 6.14. The number of nitrogens with two attached hydrogens (primary N) is 1. The molecule has 0 aliphatic carbocycles. The third kappa shape index (κ3) is 5.48. The molecule has 6 nitrogen and oxygen atoms in total. The fraction of sp³-hybridized carbons (Fsp3) is 0.636. The first kappa shape index (κ1) is 14.9. The molecular weight excluding hydrogens is 254 g/mol. The van der Waals surface area contributed by atoms with Gasteiger partial charge in [-0.3, -0.25) is 5.43 Å². The topological polar surface area (TPSA) is 85.1 Å². The molecule has 0 aromatic carbocycles. The lowest BCUT2D eigenvalue weighted by molar-refractivity contribution is 0.131. The number of hydrogen-bond donors (Lipinski definition) is 3. The summed E-state index contributed by atoms with van der Waals surface area (Å²) in [5, 5.41) is 3.59. The largest absolute Gasteiger partial charge is 0.381 e. The normalized spacial score (nSPS) is 10.4. The van der Waals surface area contributed by atoms with Gasteiger partial charge in [0.25, 0.3) is 0 Å². The number of hydrazine groups is 1. The van der Waals surface area contributed by atoms with Crippen molar-refractivity contribution in [2.75, 3.05) is 30.5 Å². The molecule has 0 aliphatic heterocycles. The number of unbranched alkanes of at least 4 members (excludes halogenated alkanes) is 1. The molecule has 0 bridgehead atoms. The summed E-state index contributed by atoms with van der Waals surface area (Å²) < 4.78 is 5.45. The predicted octanol–water partition coefficient (Wildman–Crippen LogP) is 2.03. The summed E-state index contributed by atoms with van der Waals surface area (Å²) >= 11 is 5.95. The van der Waals surface area contributed by atoms with Gasteiger partial charge in [-0.2, -0.15) is 4.98 Å². The number of rotatable bonds is 9. The van der Waals surface area contributed by atoms with E-state index in [0.717, 1.165) is 39.0 Å². The maximum atomic E-state index is 5.95. The zero-order valence-corrected chi connectivity index (χ0v) is 11.3. The molecular formula is C11H20ClN5O. The summed E-state index contributed by atoms with van der Waals surface area (Å²) in [6, 6.07) is 0. The van der Waals surface area contributed by atoms with Crippen LogP contribution in [0.15, 0.2) is 6.20 Å². The van der Waals surface area contributed by atoms with Gasteiger partial charge in [0.1, 0.15) is 5.02 Å². The Labute approximate surface area is 112 Å². The van der Waals surface area contributed by atoms with Crippen LogP contribution >= 0.6 is 11.6 Å². The Bertz CT molecular complexity index is 350. The van der Waals surface area contributed by atoms with Gasteiger partial charge in [-0.1, -0.05) is 24.9 Å². The van der Waals surface area contributed by atoms with Crippen LogP contribution in [0.4, 0.5) is 11.8 Å². The Kier molecular flexibility index (Phi) is 7.40. The van der Waals surface area contributed by atoms with Crippen molar-refractivity contribution in [3.8, 4) is 0 Å². The van der Waals surface area contributed by atoms with Crippen molar-refractivity contribution in [3.05, 3.63) is 11.2 Å². The molecule has 0 saturated carbocycles. The first-order valence-corrected chi connectivity index (χ1v) is 6.46. The molecule has 1 heterocycles. The van der Waals surface area contributed by atoms with Crippen molar-refractivity contribution in [1.29, 1.82) is 0 Å². The highest BCUT2D eigenvalue weighted by molar-refractivity contribution is 6.32. The van der Waals surface area contributed by atoms with E-state index in [1.54, 1.807) is 0 Å². The Balaban J connectivity index is 2.22. The minimum Gasteiger partial charge on any atom is -0.381 e. The SMILES string of the molecule is CCCCOCCCNc1nc(NN)ncc1Cl. The van der Waals surface area contributed by atoms with Gasteiger partial charge in [-0.15, -0.1) is 0 Å². The van der Waals surface area contributed by atoms with Crippen molar-refractivity contribution >= 4 is 23.4 Å². The molecule has 0 amide bonds. The summed E-state index contributed by atoms with van der Waals surface area (Å²) in [6.07, 6.45) is 4.67. The van der Waals surface area contributed by atoms with E-state index in [-0.39, 0.29) is 0 Å². The molecule has 1 aromatic rings. The van der Waals surface area contributed by atoms with Gasteiger partial charge in [-0.05, 0) is 12.8 Å². The van der Waals surface area contributed by atoms with E-state index in [9.17, 15) is 0 Å². The predicted molar refractivity (Wildman–Crippen MR) is 73.7 cm³/mol. The number of halogens is 1. The van der Waals surface area contributed by atoms with Gasteiger partial charge in [0.2, 0.25) is 5.95 Å². The van der Waals surface area contributed by atoms with E-state index >= 15 is 0 Å². The van der Waals surface area contributed by atoms with Crippen LogP contribution in [0, 0.1) is 0 Å². The number of anilines is 2. The number of nitrogens with one attached hydrogen (secondary N) is 2. The van der Waals surface area contributed by atoms with Crippen LogP contribution in [0.3, 0.4) is 0 Å². The third-order valence-corrected chi connectivity index (χ3v) is 2.55. The lowest BCUT2D eigenvalue weighted by Crippen LogP contribution is -2.13. The molecule has 0 atom stereocenters. The summed E-state index contributed by atoms with van der Waals surface area (Å²) in [7, 11) is 0. The molecule has 1 aromatic heterocycles. The Morgan fingerprint density at radius 3 is 2.89 bits per heavy atom. The van der Waals surface area contributed by atoms with Crippen molar-refractivity contribution in [1.82, 2.24) is 9.97 Å². The average molecular weight is 274 g/mol. The van der Waals surface area contributed by atoms with Crippen LogP contribution in [0.1, 0.15) is 26.2 Å². The van der Waals surface area contributed by atoms with Gasteiger partial charge in [0, 0.05) is 19.8 Å². The van der Waals surface area contributed by atoms with Crippen molar-refractivity contribution in [3.63, 3.8) is 0 Å². The smallest absolute Gasteiger partial charge is 0.239 e. The molecule has 1 rings (SSSR count). The molecule has 0 fully saturated rings. The van der Waals surface area contributed by atoms with E-state index in [4.69, 9.17) is 22.2 Å². The highest BCUT2D eigenvalue weighted by atomic mass is 35.5. The molecule has 0 spiro atoms. The van der Waals surface area contributed by atoms with Crippen LogP contribution < -0.4 is 16.6 Å². The van der Waals surface area contributed by atoms with Crippen LogP contribution in [0.25, 0.3) is 0 Å². The molecule has 18 heavy (non-hydrogen) atoms. The maximum absolute atomic E-state index is 5.95. The van der Waals surface area contributed by atoms with Gasteiger partial charge < -0.3 is 10.1 Å². The number of hydrogen-bond acceptors (Lipinski definition) is 6. The quantitative estimate of drug-likeness (QED) is 0.363. The van der Waals surface area contributed by atoms with Gasteiger partial charge in [0.15, 0.2) is 5.82 Å². The third-order valence-electron chi connectivity index (χ3n) is 2.27. The number of aromatic nitrogens is 2. The zero-order chi connectivity index (χ0) is 13.2. The molecule has 0 radical (unpaired) electrons. The number of nitrogens with zero attached hydrogens (tertiary/aromatic N) is 2. The van der Waals surface area contributed by atoms with E-state index < -0.39 is 0 Å². The van der Waals surface area contributed by atoms with E-state index in [2.05, 4.69) is 27.6 Å². The first-order valence-electron chi connectivity index (χ1n) is 6.08. The maximum Gasteiger partial charge on any atom is 0.239 e. The Morgan fingerprint density at radius 1 is 1.39 bits per heavy atom. The highest BCUT2D eigenvalue weighted by Gasteiger charge is 2.03. The Hall–Kier alpha value is -1.11. The Morgan fingerprint density at radius 2 is 2.17 bits per heavy atom. The van der Waals surface area contributed by atoms with E-state index in [1.807, 2.05) is 0 Å².